The molecule has 8 nitrogen and oxygen atoms in total. The van der Waals surface area contributed by atoms with E-state index in [4.69, 9.17) is 0 Å². The number of anilines is 1. The van der Waals surface area contributed by atoms with Crippen molar-refractivity contribution in [1.82, 2.24) is 20.4 Å². The maximum atomic E-state index is 12.4. The summed E-state index contributed by atoms with van der Waals surface area (Å²) in [4.78, 5) is 33.7. The zero-order valence-corrected chi connectivity index (χ0v) is 15.7. The van der Waals surface area contributed by atoms with Crippen molar-refractivity contribution in [2.24, 2.45) is 4.99 Å². The SMILES string of the molecule is CN=C(NCC(=O)N(C)C)NCC(=O)N1CCN(c2ccccc2)CC1. The number of likely N-dealkylation sites (N-methyl/N-ethyl adjacent to an activating group) is 1. The predicted octanol–water partition coefficient (Wildman–Crippen LogP) is -0.412. The highest BCUT2D eigenvalue weighted by molar-refractivity contribution is 5.89. The molecular formula is C18H28N6O2. The first-order chi connectivity index (χ1) is 12.5. The molecule has 1 aromatic carbocycles. The smallest absolute Gasteiger partial charge is 0.242 e. The van der Waals surface area contributed by atoms with Gasteiger partial charge in [-0.3, -0.25) is 14.6 Å². The molecule has 0 aliphatic carbocycles. The molecule has 0 unspecified atom stereocenters. The van der Waals surface area contributed by atoms with E-state index in [1.165, 1.54) is 10.6 Å². The van der Waals surface area contributed by atoms with E-state index in [1.54, 1.807) is 21.1 Å². The number of carbonyl (C=O) groups excluding carboxylic acids is 2. The fourth-order valence-electron chi connectivity index (χ4n) is 2.66. The van der Waals surface area contributed by atoms with Crippen LogP contribution in [0.15, 0.2) is 35.3 Å². The first kappa shape index (κ1) is 19.6. The summed E-state index contributed by atoms with van der Waals surface area (Å²) in [5.74, 6) is 0.410. The molecule has 0 spiro atoms. The minimum Gasteiger partial charge on any atom is -0.368 e. The van der Waals surface area contributed by atoms with Crippen LogP contribution in [-0.4, -0.2) is 88.0 Å². The third kappa shape index (κ3) is 5.65. The van der Waals surface area contributed by atoms with E-state index >= 15 is 0 Å². The van der Waals surface area contributed by atoms with Gasteiger partial charge in [0, 0.05) is 53.0 Å². The molecule has 142 valence electrons. The lowest BCUT2D eigenvalue weighted by Crippen LogP contribution is -2.52. The summed E-state index contributed by atoms with van der Waals surface area (Å²) in [6.07, 6.45) is 0. The van der Waals surface area contributed by atoms with Crippen molar-refractivity contribution in [3.63, 3.8) is 0 Å². The molecule has 0 aromatic heterocycles. The Labute approximate surface area is 154 Å². The first-order valence-electron chi connectivity index (χ1n) is 8.73. The number of rotatable bonds is 5. The van der Waals surface area contributed by atoms with Crippen LogP contribution < -0.4 is 15.5 Å². The average molecular weight is 360 g/mol. The molecule has 2 N–H and O–H groups in total. The number of nitrogens with zero attached hydrogens (tertiary/aromatic N) is 4. The molecule has 0 saturated carbocycles. The third-order valence-corrected chi connectivity index (χ3v) is 4.29. The average Bonchev–Trinajstić information content (AvgIpc) is 2.68. The number of hydrogen-bond donors (Lipinski definition) is 2. The molecule has 1 heterocycles. The number of aliphatic imine (C=N–C) groups is 1. The van der Waals surface area contributed by atoms with E-state index in [1.807, 2.05) is 23.1 Å². The van der Waals surface area contributed by atoms with E-state index < -0.39 is 0 Å². The molecule has 1 fully saturated rings. The van der Waals surface area contributed by atoms with Crippen molar-refractivity contribution in [1.29, 1.82) is 0 Å². The third-order valence-electron chi connectivity index (χ3n) is 4.29. The van der Waals surface area contributed by atoms with Gasteiger partial charge >= 0.3 is 0 Å². The van der Waals surface area contributed by atoms with Gasteiger partial charge in [0.05, 0.1) is 13.1 Å². The van der Waals surface area contributed by atoms with Gasteiger partial charge in [0.1, 0.15) is 0 Å². The van der Waals surface area contributed by atoms with Crippen LogP contribution in [0.3, 0.4) is 0 Å². The molecule has 2 rings (SSSR count). The van der Waals surface area contributed by atoms with Gasteiger partial charge in [-0.15, -0.1) is 0 Å². The number of guanidine groups is 1. The molecule has 8 heteroatoms. The minimum absolute atomic E-state index is 0.0274. The predicted molar refractivity (Wildman–Crippen MR) is 103 cm³/mol. The second-order valence-corrected chi connectivity index (χ2v) is 6.27. The molecule has 0 atom stereocenters. The van der Waals surface area contributed by atoms with Crippen LogP contribution in [0.4, 0.5) is 5.69 Å². The lowest BCUT2D eigenvalue weighted by atomic mass is 10.2. The zero-order chi connectivity index (χ0) is 18.9. The molecule has 1 aliphatic heterocycles. The Bertz CT molecular complexity index is 624. The molecule has 0 radical (unpaired) electrons. The van der Waals surface area contributed by atoms with Crippen LogP contribution in [0, 0.1) is 0 Å². The van der Waals surface area contributed by atoms with Crippen LogP contribution in [0.25, 0.3) is 0 Å². The number of hydrogen-bond acceptors (Lipinski definition) is 4. The fourth-order valence-corrected chi connectivity index (χ4v) is 2.66. The van der Waals surface area contributed by atoms with Gasteiger partial charge in [0.25, 0.3) is 0 Å². The van der Waals surface area contributed by atoms with Gasteiger partial charge in [0.15, 0.2) is 5.96 Å². The highest BCUT2D eigenvalue weighted by atomic mass is 16.2. The van der Waals surface area contributed by atoms with Crippen LogP contribution >= 0.6 is 0 Å². The summed E-state index contributed by atoms with van der Waals surface area (Å²) < 4.78 is 0. The lowest BCUT2D eigenvalue weighted by molar-refractivity contribution is -0.130. The number of piperazine rings is 1. The number of para-hydroxylation sites is 1. The second-order valence-electron chi connectivity index (χ2n) is 6.27. The van der Waals surface area contributed by atoms with E-state index in [0.717, 1.165) is 13.1 Å². The lowest BCUT2D eigenvalue weighted by Gasteiger charge is -2.36. The van der Waals surface area contributed by atoms with Crippen molar-refractivity contribution in [2.45, 2.75) is 0 Å². The number of benzene rings is 1. The molecule has 1 saturated heterocycles. The molecule has 0 bridgehead atoms. The first-order valence-corrected chi connectivity index (χ1v) is 8.73. The van der Waals surface area contributed by atoms with E-state index in [9.17, 15) is 9.59 Å². The van der Waals surface area contributed by atoms with Gasteiger partial charge in [-0.1, -0.05) is 18.2 Å². The van der Waals surface area contributed by atoms with Gasteiger partial charge in [-0.25, -0.2) is 0 Å². The van der Waals surface area contributed by atoms with Gasteiger partial charge < -0.3 is 25.3 Å². The number of nitrogens with one attached hydrogen (secondary N) is 2. The summed E-state index contributed by atoms with van der Waals surface area (Å²) in [7, 11) is 5.00. The molecular weight excluding hydrogens is 332 g/mol. The highest BCUT2D eigenvalue weighted by Gasteiger charge is 2.21. The molecule has 1 aromatic rings. The van der Waals surface area contributed by atoms with E-state index in [-0.39, 0.29) is 24.9 Å². The Morgan fingerprint density at radius 1 is 1.04 bits per heavy atom. The summed E-state index contributed by atoms with van der Waals surface area (Å²) in [6, 6.07) is 10.2. The quantitative estimate of drug-likeness (QED) is 0.551. The number of carbonyl (C=O) groups is 2. The van der Waals surface area contributed by atoms with Gasteiger partial charge in [-0.05, 0) is 12.1 Å². The van der Waals surface area contributed by atoms with Crippen LogP contribution in [0.1, 0.15) is 0 Å². The van der Waals surface area contributed by atoms with Gasteiger partial charge in [-0.2, -0.15) is 0 Å². The Hall–Kier alpha value is -2.77. The Morgan fingerprint density at radius 3 is 2.23 bits per heavy atom. The summed E-state index contributed by atoms with van der Waals surface area (Å²) in [5, 5.41) is 5.87. The second kappa shape index (κ2) is 9.65. The van der Waals surface area contributed by atoms with Crippen LogP contribution in [-0.2, 0) is 9.59 Å². The van der Waals surface area contributed by atoms with Crippen molar-refractivity contribution in [2.75, 3.05) is 65.3 Å². The maximum Gasteiger partial charge on any atom is 0.242 e. The normalized spacial score (nSPS) is 14.8. The Morgan fingerprint density at radius 2 is 1.65 bits per heavy atom. The maximum absolute atomic E-state index is 12.4. The Balaban J connectivity index is 1.74. The van der Waals surface area contributed by atoms with Crippen molar-refractivity contribution in [3.05, 3.63) is 30.3 Å². The standard InChI is InChI=1S/C18H28N6O2/c1-19-18(20-13-16(25)22(2)3)21-14-17(26)24-11-9-23(10-12-24)15-7-5-4-6-8-15/h4-8H,9-14H2,1-3H3,(H2,19,20,21). The van der Waals surface area contributed by atoms with Crippen molar-refractivity contribution in [3.8, 4) is 0 Å². The van der Waals surface area contributed by atoms with Crippen LogP contribution in [0.2, 0.25) is 0 Å². The highest BCUT2D eigenvalue weighted by Crippen LogP contribution is 2.15. The van der Waals surface area contributed by atoms with Crippen molar-refractivity contribution >= 4 is 23.5 Å². The monoisotopic (exact) mass is 360 g/mol. The van der Waals surface area contributed by atoms with E-state index in [2.05, 4.69) is 32.7 Å². The van der Waals surface area contributed by atoms with Crippen LogP contribution in [0.5, 0.6) is 0 Å². The molecule has 1 aliphatic rings. The summed E-state index contributed by atoms with van der Waals surface area (Å²) >= 11 is 0. The van der Waals surface area contributed by atoms with E-state index in [0.29, 0.717) is 19.0 Å². The largest absolute Gasteiger partial charge is 0.368 e. The summed E-state index contributed by atoms with van der Waals surface area (Å²) in [6.45, 7) is 3.32. The molecule has 2 amide bonds. The fraction of sp³-hybridized carbons (Fsp3) is 0.500. The zero-order valence-electron chi connectivity index (χ0n) is 15.7. The molecule has 26 heavy (non-hydrogen) atoms. The number of amides is 2. The van der Waals surface area contributed by atoms with Crippen molar-refractivity contribution < 1.29 is 9.59 Å². The summed E-state index contributed by atoms with van der Waals surface area (Å²) in [5.41, 5.74) is 1.19. The minimum atomic E-state index is -0.0590. The Kier molecular flexibility index (Phi) is 7.25. The van der Waals surface area contributed by atoms with Gasteiger partial charge in [0.2, 0.25) is 11.8 Å². The topological polar surface area (TPSA) is 80.3 Å².